The van der Waals surface area contributed by atoms with Crippen molar-refractivity contribution in [3.63, 3.8) is 0 Å². The summed E-state index contributed by atoms with van der Waals surface area (Å²) in [4.78, 5) is 0.0730. The summed E-state index contributed by atoms with van der Waals surface area (Å²) in [6.07, 6.45) is 0. The highest BCUT2D eigenvalue weighted by atomic mass is 35.5. The number of benzene rings is 3. The second-order valence-corrected chi connectivity index (χ2v) is 9.40. The Kier molecular flexibility index (Phi) is 6.10. The standard InChI is InChI=1S/C20H15Cl2N3O4S2/c21-12-7-13(22)9-16(8-12)25-31(26,27)17-4-1-14(2-5-17)23-20(30)24-15-3-6-18-19(10-15)29-11-28-18/h1-10,25H,11H2,(H2,23,24,30). The summed E-state index contributed by atoms with van der Waals surface area (Å²) in [7, 11) is -3.82. The van der Waals surface area contributed by atoms with Gasteiger partial charge in [0, 0.05) is 27.5 Å². The van der Waals surface area contributed by atoms with Crippen LogP contribution in [0.2, 0.25) is 10.0 Å². The lowest BCUT2D eigenvalue weighted by Crippen LogP contribution is -2.19. The van der Waals surface area contributed by atoms with Crippen molar-refractivity contribution in [3.05, 3.63) is 70.7 Å². The van der Waals surface area contributed by atoms with Gasteiger partial charge in [0.25, 0.3) is 10.0 Å². The number of rotatable bonds is 5. The van der Waals surface area contributed by atoms with Crippen LogP contribution in [0.5, 0.6) is 11.5 Å². The fraction of sp³-hybridized carbons (Fsp3) is 0.0500. The summed E-state index contributed by atoms with van der Waals surface area (Å²) >= 11 is 17.2. The minimum Gasteiger partial charge on any atom is -0.454 e. The molecule has 1 heterocycles. The fourth-order valence-electron chi connectivity index (χ4n) is 2.81. The average molecular weight is 496 g/mol. The van der Waals surface area contributed by atoms with E-state index in [1.807, 2.05) is 6.07 Å². The fourth-order valence-corrected chi connectivity index (χ4v) is 4.61. The molecule has 3 aromatic carbocycles. The van der Waals surface area contributed by atoms with E-state index in [-0.39, 0.29) is 17.4 Å². The van der Waals surface area contributed by atoms with E-state index in [2.05, 4.69) is 15.4 Å². The van der Waals surface area contributed by atoms with Crippen LogP contribution >= 0.6 is 35.4 Å². The molecule has 7 nitrogen and oxygen atoms in total. The lowest BCUT2D eigenvalue weighted by molar-refractivity contribution is 0.174. The molecule has 0 bridgehead atoms. The van der Waals surface area contributed by atoms with Gasteiger partial charge in [0.05, 0.1) is 10.6 Å². The summed E-state index contributed by atoms with van der Waals surface area (Å²) in [5.74, 6) is 1.31. The zero-order valence-corrected chi connectivity index (χ0v) is 18.8. The van der Waals surface area contributed by atoms with Gasteiger partial charge in [0.1, 0.15) is 0 Å². The quantitative estimate of drug-likeness (QED) is 0.412. The highest BCUT2D eigenvalue weighted by Crippen LogP contribution is 2.34. The van der Waals surface area contributed by atoms with Crippen LogP contribution in [0.1, 0.15) is 0 Å². The average Bonchev–Trinajstić information content (AvgIpc) is 3.15. The van der Waals surface area contributed by atoms with E-state index in [1.54, 1.807) is 24.3 Å². The Balaban J connectivity index is 1.40. The number of hydrogen-bond donors (Lipinski definition) is 3. The molecular weight excluding hydrogens is 481 g/mol. The minimum atomic E-state index is -3.82. The van der Waals surface area contributed by atoms with Crippen LogP contribution in [0.15, 0.2) is 65.6 Å². The first-order chi connectivity index (χ1) is 14.8. The Morgan fingerprint density at radius 3 is 2.13 bits per heavy atom. The molecule has 0 atom stereocenters. The van der Waals surface area contributed by atoms with Gasteiger partial charge in [-0.3, -0.25) is 4.72 Å². The zero-order chi connectivity index (χ0) is 22.0. The van der Waals surface area contributed by atoms with Gasteiger partial charge in [-0.1, -0.05) is 23.2 Å². The Hall–Kier alpha value is -2.72. The predicted octanol–water partition coefficient (Wildman–Crippen LogP) is 5.33. The third-order valence-corrected chi connectivity index (χ3v) is 6.21. The molecule has 160 valence electrons. The van der Waals surface area contributed by atoms with Crippen molar-refractivity contribution in [2.45, 2.75) is 4.90 Å². The highest BCUT2D eigenvalue weighted by Gasteiger charge is 2.16. The molecule has 4 rings (SSSR count). The summed E-state index contributed by atoms with van der Waals surface area (Å²) in [5.41, 5.74) is 1.61. The van der Waals surface area contributed by atoms with E-state index in [1.165, 1.54) is 30.3 Å². The number of sulfonamides is 1. The van der Waals surface area contributed by atoms with Crippen molar-refractivity contribution in [2.24, 2.45) is 0 Å². The summed E-state index contributed by atoms with van der Waals surface area (Å²) < 4.78 is 38.3. The topological polar surface area (TPSA) is 88.7 Å². The summed E-state index contributed by atoms with van der Waals surface area (Å²) in [6, 6.07) is 16.0. The first-order valence-corrected chi connectivity index (χ1v) is 11.5. The molecule has 0 aromatic heterocycles. The van der Waals surface area contributed by atoms with Crippen LogP contribution in [0.4, 0.5) is 17.1 Å². The highest BCUT2D eigenvalue weighted by molar-refractivity contribution is 7.92. The zero-order valence-electron chi connectivity index (χ0n) is 15.7. The molecule has 0 radical (unpaired) electrons. The Bertz CT molecular complexity index is 1230. The number of halogens is 2. The number of fused-ring (bicyclic) bond motifs is 1. The lowest BCUT2D eigenvalue weighted by atomic mass is 10.3. The van der Waals surface area contributed by atoms with Gasteiger partial charge in [0.2, 0.25) is 6.79 Å². The van der Waals surface area contributed by atoms with Gasteiger partial charge in [-0.05, 0) is 66.8 Å². The first-order valence-electron chi connectivity index (χ1n) is 8.85. The van der Waals surface area contributed by atoms with Crippen molar-refractivity contribution in [1.29, 1.82) is 0 Å². The number of hydrogen-bond acceptors (Lipinski definition) is 5. The van der Waals surface area contributed by atoms with E-state index in [0.29, 0.717) is 32.3 Å². The van der Waals surface area contributed by atoms with Gasteiger partial charge in [-0.15, -0.1) is 0 Å². The molecule has 1 aliphatic heterocycles. The monoisotopic (exact) mass is 495 g/mol. The van der Waals surface area contributed by atoms with E-state index in [9.17, 15) is 8.42 Å². The maximum absolute atomic E-state index is 12.6. The Labute approximate surface area is 194 Å². The van der Waals surface area contributed by atoms with Crippen molar-refractivity contribution < 1.29 is 17.9 Å². The van der Waals surface area contributed by atoms with E-state index >= 15 is 0 Å². The first kappa shape index (κ1) is 21.5. The van der Waals surface area contributed by atoms with Gasteiger partial charge in [-0.2, -0.15) is 0 Å². The maximum atomic E-state index is 12.6. The third kappa shape index (κ3) is 5.31. The molecule has 11 heteroatoms. The van der Waals surface area contributed by atoms with Crippen LogP contribution in [0.25, 0.3) is 0 Å². The van der Waals surface area contributed by atoms with Crippen LogP contribution in [-0.2, 0) is 10.0 Å². The largest absolute Gasteiger partial charge is 0.454 e. The van der Waals surface area contributed by atoms with Crippen molar-refractivity contribution in [2.75, 3.05) is 22.1 Å². The summed E-state index contributed by atoms with van der Waals surface area (Å²) in [5, 5.41) is 7.03. The van der Waals surface area contributed by atoms with E-state index in [4.69, 9.17) is 44.9 Å². The van der Waals surface area contributed by atoms with Crippen molar-refractivity contribution in [3.8, 4) is 11.5 Å². The molecule has 0 amide bonds. The van der Waals surface area contributed by atoms with Gasteiger partial charge >= 0.3 is 0 Å². The molecule has 0 aliphatic carbocycles. The molecule has 31 heavy (non-hydrogen) atoms. The van der Waals surface area contributed by atoms with Gasteiger partial charge in [-0.25, -0.2) is 8.42 Å². The second-order valence-electron chi connectivity index (χ2n) is 6.44. The Morgan fingerprint density at radius 2 is 1.42 bits per heavy atom. The second kappa shape index (κ2) is 8.80. The minimum absolute atomic E-state index is 0.0730. The maximum Gasteiger partial charge on any atom is 0.261 e. The summed E-state index contributed by atoms with van der Waals surface area (Å²) in [6.45, 7) is 0.190. The molecule has 0 spiro atoms. The smallest absolute Gasteiger partial charge is 0.261 e. The van der Waals surface area contributed by atoms with E-state index < -0.39 is 10.0 Å². The molecule has 1 aliphatic rings. The van der Waals surface area contributed by atoms with Gasteiger partial charge < -0.3 is 20.1 Å². The van der Waals surface area contributed by atoms with Crippen molar-refractivity contribution in [1.82, 2.24) is 0 Å². The molecular formula is C20H15Cl2N3O4S2. The third-order valence-electron chi connectivity index (χ3n) is 4.17. The van der Waals surface area contributed by atoms with Gasteiger partial charge in [0.15, 0.2) is 16.6 Å². The van der Waals surface area contributed by atoms with Crippen LogP contribution in [0, 0.1) is 0 Å². The number of nitrogens with one attached hydrogen (secondary N) is 3. The molecule has 0 saturated heterocycles. The number of ether oxygens (including phenoxy) is 2. The van der Waals surface area contributed by atoms with Crippen LogP contribution < -0.4 is 24.8 Å². The lowest BCUT2D eigenvalue weighted by Gasteiger charge is -2.12. The SMILES string of the molecule is O=S(=O)(Nc1cc(Cl)cc(Cl)c1)c1ccc(NC(=S)Nc2ccc3c(c2)OCO3)cc1. The number of thiocarbonyl (C=S) groups is 1. The normalized spacial score (nSPS) is 12.3. The predicted molar refractivity (Wildman–Crippen MR) is 126 cm³/mol. The van der Waals surface area contributed by atoms with E-state index in [0.717, 1.165) is 5.69 Å². The van der Waals surface area contributed by atoms with Crippen molar-refractivity contribution >= 4 is 67.6 Å². The van der Waals surface area contributed by atoms with Crippen LogP contribution in [-0.4, -0.2) is 20.3 Å². The number of anilines is 3. The van der Waals surface area contributed by atoms with Crippen LogP contribution in [0.3, 0.4) is 0 Å². The molecule has 0 fully saturated rings. The molecule has 3 N–H and O–H groups in total. The molecule has 0 saturated carbocycles. The molecule has 0 unspecified atom stereocenters. The Morgan fingerprint density at radius 1 is 0.806 bits per heavy atom. The molecule has 3 aromatic rings.